The van der Waals surface area contributed by atoms with Crippen LogP contribution in [0.15, 0.2) is 53.5 Å². The predicted octanol–water partition coefficient (Wildman–Crippen LogP) is 4.38. The second-order valence-corrected chi connectivity index (χ2v) is 7.32. The molecule has 6 heteroatoms. The molecule has 0 amide bonds. The SMILES string of the molecule is CCCCCn1c(N2CC=CC2)cc(=O)n2cc(-c3ccc(Cl)cc3)nc12. The van der Waals surface area contributed by atoms with Crippen molar-refractivity contribution < 1.29 is 0 Å². The molecule has 0 unspecified atom stereocenters. The molecule has 5 nitrogen and oxygen atoms in total. The normalized spacial score (nSPS) is 13.8. The van der Waals surface area contributed by atoms with Crippen LogP contribution in [0.2, 0.25) is 5.02 Å². The van der Waals surface area contributed by atoms with Gasteiger partial charge in [-0.15, -0.1) is 0 Å². The zero-order valence-corrected chi connectivity index (χ0v) is 16.2. The number of anilines is 1. The highest BCUT2D eigenvalue weighted by molar-refractivity contribution is 6.30. The fraction of sp³-hybridized carbons (Fsp3) is 0.333. The summed E-state index contributed by atoms with van der Waals surface area (Å²) in [6.45, 7) is 4.70. The number of halogens is 1. The van der Waals surface area contributed by atoms with Gasteiger partial charge in [-0.3, -0.25) is 13.8 Å². The summed E-state index contributed by atoms with van der Waals surface area (Å²) in [7, 11) is 0. The highest BCUT2D eigenvalue weighted by atomic mass is 35.5. The van der Waals surface area contributed by atoms with Crippen LogP contribution in [-0.4, -0.2) is 27.0 Å². The first-order valence-electron chi connectivity index (χ1n) is 9.46. The summed E-state index contributed by atoms with van der Waals surface area (Å²) in [5, 5.41) is 0.686. The molecule has 0 spiro atoms. The minimum absolute atomic E-state index is 0.0497. The summed E-state index contributed by atoms with van der Waals surface area (Å²) < 4.78 is 3.84. The Bertz CT molecular complexity index is 1020. The Morgan fingerprint density at radius 3 is 2.56 bits per heavy atom. The van der Waals surface area contributed by atoms with E-state index in [-0.39, 0.29) is 5.56 Å². The molecule has 0 saturated carbocycles. The van der Waals surface area contributed by atoms with Gasteiger partial charge in [0.25, 0.3) is 5.56 Å². The molecule has 3 heterocycles. The van der Waals surface area contributed by atoms with Gasteiger partial charge in [0.1, 0.15) is 5.82 Å². The van der Waals surface area contributed by atoms with Crippen molar-refractivity contribution in [2.75, 3.05) is 18.0 Å². The molecule has 0 N–H and O–H groups in total. The summed E-state index contributed by atoms with van der Waals surface area (Å²) >= 11 is 6.00. The lowest BCUT2D eigenvalue weighted by atomic mass is 10.2. The van der Waals surface area contributed by atoms with Crippen LogP contribution in [0.25, 0.3) is 17.0 Å². The van der Waals surface area contributed by atoms with Crippen molar-refractivity contribution in [1.29, 1.82) is 0 Å². The second kappa shape index (κ2) is 7.61. The molecule has 2 aromatic heterocycles. The van der Waals surface area contributed by atoms with E-state index in [2.05, 4.69) is 28.5 Å². The van der Waals surface area contributed by atoms with Gasteiger partial charge >= 0.3 is 0 Å². The number of imidazole rings is 1. The topological polar surface area (TPSA) is 42.5 Å². The molecule has 1 aromatic carbocycles. The number of aromatic nitrogens is 3. The number of aryl methyl sites for hydroxylation is 1. The Morgan fingerprint density at radius 1 is 1.11 bits per heavy atom. The molecule has 0 radical (unpaired) electrons. The average molecular weight is 383 g/mol. The maximum atomic E-state index is 12.8. The van der Waals surface area contributed by atoms with Gasteiger partial charge in [0.15, 0.2) is 0 Å². The molecule has 0 atom stereocenters. The number of fused-ring (bicyclic) bond motifs is 1. The maximum absolute atomic E-state index is 12.8. The van der Waals surface area contributed by atoms with Crippen LogP contribution in [0.4, 0.5) is 5.82 Å². The van der Waals surface area contributed by atoms with Gasteiger partial charge in [0.2, 0.25) is 5.78 Å². The van der Waals surface area contributed by atoms with Crippen molar-refractivity contribution in [2.24, 2.45) is 0 Å². The Morgan fingerprint density at radius 2 is 1.85 bits per heavy atom. The molecule has 0 aliphatic carbocycles. The second-order valence-electron chi connectivity index (χ2n) is 6.88. The van der Waals surface area contributed by atoms with E-state index in [1.807, 2.05) is 30.5 Å². The Kier molecular flexibility index (Phi) is 5.03. The van der Waals surface area contributed by atoms with E-state index in [1.54, 1.807) is 10.5 Å². The third kappa shape index (κ3) is 3.52. The number of benzene rings is 1. The molecule has 1 aliphatic rings. The van der Waals surface area contributed by atoms with Crippen molar-refractivity contribution in [2.45, 2.75) is 32.7 Å². The average Bonchev–Trinajstić information content (AvgIpc) is 3.34. The van der Waals surface area contributed by atoms with Gasteiger partial charge in [-0.1, -0.05) is 55.7 Å². The molecular weight excluding hydrogens is 360 g/mol. The summed E-state index contributed by atoms with van der Waals surface area (Å²) in [6, 6.07) is 9.28. The van der Waals surface area contributed by atoms with Crippen LogP contribution in [0, 0.1) is 0 Å². The molecule has 0 saturated heterocycles. The van der Waals surface area contributed by atoms with Crippen LogP contribution in [-0.2, 0) is 6.54 Å². The van der Waals surface area contributed by atoms with Gasteiger partial charge in [0.05, 0.1) is 5.69 Å². The van der Waals surface area contributed by atoms with Crippen LogP contribution in [0.3, 0.4) is 0 Å². The van der Waals surface area contributed by atoms with Crippen LogP contribution >= 0.6 is 11.6 Å². The molecule has 3 aromatic rings. The quantitative estimate of drug-likeness (QED) is 0.469. The van der Waals surface area contributed by atoms with E-state index in [0.29, 0.717) is 10.8 Å². The summed E-state index contributed by atoms with van der Waals surface area (Å²) in [5.74, 6) is 1.65. The molecule has 0 bridgehead atoms. The lowest BCUT2D eigenvalue weighted by Gasteiger charge is -2.23. The Hall–Kier alpha value is -2.53. The van der Waals surface area contributed by atoms with Gasteiger partial charge in [-0.25, -0.2) is 4.98 Å². The minimum atomic E-state index is -0.0497. The fourth-order valence-corrected chi connectivity index (χ4v) is 3.63. The number of rotatable bonds is 6. The van der Waals surface area contributed by atoms with Crippen molar-refractivity contribution in [3.05, 3.63) is 64.1 Å². The van der Waals surface area contributed by atoms with Crippen LogP contribution in [0.1, 0.15) is 26.2 Å². The molecule has 27 heavy (non-hydrogen) atoms. The predicted molar refractivity (Wildman–Crippen MR) is 111 cm³/mol. The monoisotopic (exact) mass is 382 g/mol. The molecule has 1 aliphatic heterocycles. The summed E-state index contributed by atoms with van der Waals surface area (Å²) in [5.41, 5.74) is 1.68. The highest BCUT2D eigenvalue weighted by Crippen LogP contribution is 2.24. The lowest BCUT2D eigenvalue weighted by molar-refractivity contribution is 0.598. The lowest BCUT2D eigenvalue weighted by Crippen LogP contribution is -2.28. The smallest absolute Gasteiger partial charge is 0.261 e. The van der Waals surface area contributed by atoms with Crippen molar-refractivity contribution in [3.8, 4) is 11.3 Å². The van der Waals surface area contributed by atoms with E-state index in [9.17, 15) is 4.79 Å². The third-order valence-corrected chi connectivity index (χ3v) is 5.21. The number of hydrogen-bond acceptors (Lipinski definition) is 3. The summed E-state index contributed by atoms with van der Waals surface area (Å²) in [6.07, 6.45) is 9.46. The Balaban J connectivity index is 1.84. The van der Waals surface area contributed by atoms with E-state index in [0.717, 1.165) is 56.0 Å². The van der Waals surface area contributed by atoms with Crippen LogP contribution < -0.4 is 10.5 Å². The zero-order chi connectivity index (χ0) is 18.8. The highest BCUT2D eigenvalue weighted by Gasteiger charge is 2.18. The van der Waals surface area contributed by atoms with Gasteiger partial charge in [0, 0.05) is 42.5 Å². The van der Waals surface area contributed by atoms with E-state index in [1.165, 1.54) is 0 Å². The number of unbranched alkanes of at least 4 members (excludes halogenated alkanes) is 2. The first-order chi connectivity index (χ1) is 13.2. The molecular formula is C21H23ClN4O. The number of hydrogen-bond donors (Lipinski definition) is 0. The van der Waals surface area contributed by atoms with Crippen molar-refractivity contribution in [3.63, 3.8) is 0 Å². The largest absolute Gasteiger partial charge is 0.350 e. The van der Waals surface area contributed by atoms with E-state index < -0.39 is 0 Å². The standard InChI is InChI=1S/C21H23ClN4O/c1-2-3-4-13-25-19(24-11-5-6-12-24)14-20(27)26-15-18(23-21(25)26)16-7-9-17(22)10-8-16/h5-10,14-15H,2-4,11-13H2,1H3. The summed E-state index contributed by atoms with van der Waals surface area (Å²) in [4.78, 5) is 19.8. The first kappa shape index (κ1) is 17.9. The van der Waals surface area contributed by atoms with Crippen LogP contribution in [0.5, 0.6) is 0 Å². The minimum Gasteiger partial charge on any atom is -0.350 e. The third-order valence-electron chi connectivity index (χ3n) is 4.96. The van der Waals surface area contributed by atoms with Gasteiger partial charge < -0.3 is 4.90 Å². The maximum Gasteiger partial charge on any atom is 0.261 e. The van der Waals surface area contributed by atoms with Gasteiger partial charge in [-0.2, -0.15) is 0 Å². The van der Waals surface area contributed by atoms with Gasteiger partial charge in [-0.05, 0) is 18.6 Å². The van der Waals surface area contributed by atoms with E-state index in [4.69, 9.17) is 16.6 Å². The molecule has 140 valence electrons. The fourth-order valence-electron chi connectivity index (χ4n) is 3.50. The Labute approximate surface area is 163 Å². The van der Waals surface area contributed by atoms with Crippen molar-refractivity contribution >= 4 is 23.2 Å². The first-order valence-corrected chi connectivity index (χ1v) is 9.84. The zero-order valence-electron chi connectivity index (χ0n) is 15.4. The van der Waals surface area contributed by atoms with E-state index >= 15 is 0 Å². The van der Waals surface area contributed by atoms with Crippen molar-refractivity contribution in [1.82, 2.24) is 14.0 Å². The number of nitrogens with zero attached hydrogens (tertiary/aromatic N) is 4. The molecule has 0 fully saturated rings. The molecule has 4 rings (SSSR count).